The first-order valence-corrected chi connectivity index (χ1v) is 8.79. The first-order valence-electron chi connectivity index (χ1n) is 7.91. The lowest BCUT2D eigenvalue weighted by Crippen LogP contribution is -2.01. The topological polar surface area (TPSA) is 63.1 Å². The zero-order valence-electron chi connectivity index (χ0n) is 13.8. The lowest BCUT2D eigenvalue weighted by molar-refractivity contribution is 0.628. The van der Waals surface area contributed by atoms with E-state index in [4.69, 9.17) is 0 Å². The van der Waals surface area contributed by atoms with E-state index in [9.17, 15) is 4.39 Å². The maximum absolute atomic E-state index is 13.2. The second kappa shape index (κ2) is 6.97. The van der Waals surface area contributed by atoms with Crippen molar-refractivity contribution < 1.29 is 4.39 Å². The van der Waals surface area contributed by atoms with Crippen LogP contribution in [0.5, 0.6) is 0 Å². The number of pyridine rings is 1. The van der Waals surface area contributed by atoms with Crippen LogP contribution in [-0.2, 0) is 0 Å². The molecule has 0 spiro atoms. The number of anilines is 1. The van der Waals surface area contributed by atoms with Crippen LogP contribution in [0.4, 0.5) is 10.2 Å². The van der Waals surface area contributed by atoms with Gasteiger partial charge in [-0.25, -0.2) is 14.4 Å². The Labute approximate surface area is 153 Å². The van der Waals surface area contributed by atoms with Crippen molar-refractivity contribution >= 4 is 33.1 Å². The smallest absolute Gasteiger partial charge is 0.159 e. The van der Waals surface area contributed by atoms with Gasteiger partial charge in [0.2, 0.25) is 0 Å². The molecule has 26 heavy (non-hydrogen) atoms. The van der Waals surface area contributed by atoms with E-state index in [1.807, 2.05) is 24.4 Å². The average Bonchev–Trinajstić information content (AvgIpc) is 3.12. The lowest BCUT2D eigenvalue weighted by atomic mass is 10.1. The SMILES string of the molecule is C/C(=N/Nc1ncnc2scc(-c3ccc(F)cc3)c12)c1ccncc1. The highest BCUT2D eigenvalue weighted by Crippen LogP contribution is 2.36. The Morgan fingerprint density at radius 2 is 1.85 bits per heavy atom. The van der Waals surface area contributed by atoms with E-state index >= 15 is 0 Å². The van der Waals surface area contributed by atoms with Crippen LogP contribution >= 0.6 is 11.3 Å². The molecule has 0 saturated carbocycles. The molecular weight excluding hydrogens is 349 g/mol. The van der Waals surface area contributed by atoms with Gasteiger partial charge >= 0.3 is 0 Å². The van der Waals surface area contributed by atoms with Crippen LogP contribution in [0, 0.1) is 5.82 Å². The summed E-state index contributed by atoms with van der Waals surface area (Å²) < 4.78 is 13.2. The van der Waals surface area contributed by atoms with E-state index in [-0.39, 0.29) is 5.82 Å². The standard InChI is InChI=1S/C19H14FN5S/c1-12(13-6-8-21-9-7-13)24-25-18-17-16(10-26-19(17)23-11-22-18)14-2-4-15(20)5-3-14/h2-11H,1H3,(H,22,23,25)/b24-12-. The van der Waals surface area contributed by atoms with Crippen LogP contribution in [0.25, 0.3) is 21.3 Å². The van der Waals surface area contributed by atoms with E-state index in [2.05, 4.69) is 25.5 Å². The minimum atomic E-state index is -0.263. The fourth-order valence-electron chi connectivity index (χ4n) is 2.60. The number of fused-ring (bicyclic) bond motifs is 1. The van der Waals surface area contributed by atoms with E-state index in [0.29, 0.717) is 5.82 Å². The number of halogens is 1. The van der Waals surface area contributed by atoms with Gasteiger partial charge in [0.25, 0.3) is 0 Å². The van der Waals surface area contributed by atoms with Gasteiger partial charge in [-0.3, -0.25) is 10.4 Å². The van der Waals surface area contributed by atoms with Gasteiger partial charge in [-0.2, -0.15) is 5.10 Å². The number of nitrogens with zero attached hydrogens (tertiary/aromatic N) is 4. The van der Waals surface area contributed by atoms with Gasteiger partial charge in [-0.1, -0.05) is 12.1 Å². The van der Waals surface area contributed by atoms with Crippen LogP contribution in [0.2, 0.25) is 0 Å². The maximum atomic E-state index is 13.2. The number of hydrogen-bond acceptors (Lipinski definition) is 6. The fraction of sp³-hybridized carbons (Fsp3) is 0.0526. The molecule has 4 rings (SSSR count). The molecule has 1 N–H and O–H groups in total. The molecule has 0 aliphatic rings. The Bertz CT molecular complexity index is 1070. The quantitative estimate of drug-likeness (QED) is 0.421. The average molecular weight is 363 g/mol. The first kappa shape index (κ1) is 16.3. The predicted molar refractivity (Wildman–Crippen MR) is 103 cm³/mol. The molecule has 7 heteroatoms. The molecular formula is C19H14FN5S. The first-order chi connectivity index (χ1) is 12.7. The van der Waals surface area contributed by atoms with Crippen LogP contribution in [0.3, 0.4) is 0 Å². The molecule has 0 radical (unpaired) electrons. The van der Waals surface area contributed by atoms with Crippen molar-refractivity contribution in [1.29, 1.82) is 0 Å². The van der Waals surface area contributed by atoms with Crippen molar-refractivity contribution in [3.05, 3.63) is 71.9 Å². The third-order valence-electron chi connectivity index (χ3n) is 3.95. The predicted octanol–water partition coefficient (Wildman–Crippen LogP) is 4.73. The van der Waals surface area contributed by atoms with E-state index in [1.54, 1.807) is 24.5 Å². The van der Waals surface area contributed by atoms with Crippen molar-refractivity contribution in [1.82, 2.24) is 15.0 Å². The summed E-state index contributed by atoms with van der Waals surface area (Å²) in [6.07, 6.45) is 4.96. The summed E-state index contributed by atoms with van der Waals surface area (Å²) in [4.78, 5) is 13.5. The van der Waals surface area contributed by atoms with E-state index in [1.165, 1.54) is 29.8 Å². The summed E-state index contributed by atoms with van der Waals surface area (Å²) in [5, 5.41) is 7.30. The molecule has 0 unspecified atom stereocenters. The van der Waals surface area contributed by atoms with Gasteiger partial charge in [0.05, 0.1) is 11.1 Å². The lowest BCUT2D eigenvalue weighted by Gasteiger charge is -2.06. The number of hydrogen-bond donors (Lipinski definition) is 1. The molecule has 0 fully saturated rings. The Hall–Kier alpha value is -3.19. The van der Waals surface area contributed by atoms with Gasteiger partial charge < -0.3 is 0 Å². The molecule has 0 amide bonds. The van der Waals surface area contributed by atoms with Gasteiger partial charge in [-0.05, 0) is 36.8 Å². The van der Waals surface area contributed by atoms with Crippen molar-refractivity contribution in [3.8, 4) is 11.1 Å². The molecule has 0 aliphatic heterocycles. The maximum Gasteiger partial charge on any atom is 0.159 e. The Morgan fingerprint density at radius 1 is 1.08 bits per heavy atom. The van der Waals surface area contributed by atoms with Crippen LogP contribution in [0.1, 0.15) is 12.5 Å². The second-order valence-electron chi connectivity index (χ2n) is 5.60. The normalized spacial score (nSPS) is 11.7. The summed E-state index contributed by atoms with van der Waals surface area (Å²) >= 11 is 1.52. The van der Waals surface area contributed by atoms with E-state index < -0.39 is 0 Å². The van der Waals surface area contributed by atoms with Crippen molar-refractivity contribution in [3.63, 3.8) is 0 Å². The molecule has 3 aromatic heterocycles. The number of hydrazone groups is 1. The Morgan fingerprint density at radius 3 is 2.62 bits per heavy atom. The van der Waals surface area contributed by atoms with Gasteiger partial charge in [0.15, 0.2) is 5.82 Å². The highest BCUT2D eigenvalue weighted by Gasteiger charge is 2.13. The number of nitrogens with one attached hydrogen (secondary N) is 1. The van der Waals surface area contributed by atoms with E-state index in [0.717, 1.165) is 32.6 Å². The molecule has 0 bridgehead atoms. The summed E-state index contributed by atoms with van der Waals surface area (Å²) in [5.74, 6) is 0.351. The highest BCUT2D eigenvalue weighted by atomic mass is 32.1. The van der Waals surface area contributed by atoms with Gasteiger partial charge in [0.1, 0.15) is 17.0 Å². The van der Waals surface area contributed by atoms with Crippen LogP contribution < -0.4 is 5.43 Å². The van der Waals surface area contributed by atoms with Crippen molar-refractivity contribution in [2.45, 2.75) is 6.92 Å². The fourth-order valence-corrected chi connectivity index (χ4v) is 3.51. The largest absolute Gasteiger partial charge is 0.265 e. The molecule has 5 nitrogen and oxygen atoms in total. The number of rotatable bonds is 4. The molecule has 0 aliphatic carbocycles. The van der Waals surface area contributed by atoms with Crippen molar-refractivity contribution in [2.24, 2.45) is 5.10 Å². The number of thiophene rings is 1. The van der Waals surface area contributed by atoms with Crippen LogP contribution in [0.15, 0.2) is 65.6 Å². The number of aromatic nitrogens is 3. The number of benzene rings is 1. The van der Waals surface area contributed by atoms with Crippen LogP contribution in [-0.4, -0.2) is 20.7 Å². The van der Waals surface area contributed by atoms with Crippen molar-refractivity contribution in [2.75, 3.05) is 5.43 Å². The monoisotopic (exact) mass is 363 g/mol. The summed E-state index contributed by atoms with van der Waals surface area (Å²) in [5.41, 5.74) is 6.69. The summed E-state index contributed by atoms with van der Waals surface area (Å²) in [6, 6.07) is 10.2. The molecule has 0 atom stereocenters. The van der Waals surface area contributed by atoms with Gasteiger partial charge in [0, 0.05) is 28.9 Å². The molecule has 128 valence electrons. The molecule has 3 heterocycles. The zero-order valence-corrected chi connectivity index (χ0v) is 14.7. The Balaban J connectivity index is 1.74. The van der Waals surface area contributed by atoms with Gasteiger partial charge in [-0.15, -0.1) is 11.3 Å². The minimum Gasteiger partial charge on any atom is -0.265 e. The third kappa shape index (κ3) is 3.16. The molecule has 0 saturated heterocycles. The zero-order chi connectivity index (χ0) is 17.9. The third-order valence-corrected chi connectivity index (χ3v) is 4.84. The summed E-state index contributed by atoms with van der Waals surface area (Å²) in [6.45, 7) is 1.91. The Kier molecular flexibility index (Phi) is 4.37. The molecule has 4 aromatic rings. The molecule has 1 aromatic carbocycles. The summed E-state index contributed by atoms with van der Waals surface area (Å²) in [7, 11) is 0. The highest BCUT2D eigenvalue weighted by molar-refractivity contribution is 7.17. The minimum absolute atomic E-state index is 0.263. The second-order valence-corrected chi connectivity index (χ2v) is 6.46.